The third-order valence-electron chi connectivity index (χ3n) is 5.07. The summed E-state index contributed by atoms with van der Waals surface area (Å²) in [6.45, 7) is 21.6. The maximum Gasteiger partial charge on any atom is 0.194 e. The highest BCUT2D eigenvalue weighted by Crippen LogP contribution is 2.24. The van der Waals surface area contributed by atoms with Gasteiger partial charge in [-0.15, -0.1) is 13.2 Å². The highest BCUT2D eigenvalue weighted by Gasteiger charge is 2.41. The van der Waals surface area contributed by atoms with Gasteiger partial charge >= 0.3 is 0 Å². The van der Waals surface area contributed by atoms with Gasteiger partial charge in [0.2, 0.25) is 0 Å². The molecule has 0 radical (unpaired) electrons. The SMILES string of the molecule is C=CCN(CC=C)C(CN=C(NCC)N1CCS(=O)(=O)C(C)(C)C1)C(C)C. The van der Waals surface area contributed by atoms with Gasteiger partial charge in [-0.1, -0.05) is 26.0 Å². The van der Waals surface area contributed by atoms with E-state index in [1.165, 1.54) is 0 Å². The third kappa shape index (κ3) is 6.35. The van der Waals surface area contributed by atoms with Crippen LogP contribution in [0.4, 0.5) is 0 Å². The summed E-state index contributed by atoms with van der Waals surface area (Å²) in [5.74, 6) is 1.38. The second-order valence-corrected chi connectivity index (χ2v) is 10.8. The molecule has 1 aliphatic heterocycles. The van der Waals surface area contributed by atoms with Crippen molar-refractivity contribution in [2.45, 2.75) is 45.4 Å². The van der Waals surface area contributed by atoms with Crippen molar-refractivity contribution in [1.29, 1.82) is 0 Å². The molecule has 1 saturated heterocycles. The zero-order valence-corrected chi connectivity index (χ0v) is 18.6. The van der Waals surface area contributed by atoms with Crippen LogP contribution in [0.1, 0.15) is 34.6 Å². The van der Waals surface area contributed by atoms with Crippen LogP contribution in [-0.2, 0) is 9.84 Å². The zero-order chi connectivity index (χ0) is 20.7. The van der Waals surface area contributed by atoms with E-state index in [2.05, 4.69) is 42.1 Å². The van der Waals surface area contributed by atoms with Crippen LogP contribution >= 0.6 is 0 Å². The fourth-order valence-corrected chi connectivity index (χ4v) is 4.72. The maximum absolute atomic E-state index is 12.3. The molecule has 1 unspecified atom stereocenters. The Balaban J connectivity index is 3.02. The van der Waals surface area contributed by atoms with Gasteiger partial charge in [0.05, 0.1) is 17.0 Å². The minimum Gasteiger partial charge on any atom is -0.357 e. The van der Waals surface area contributed by atoms with E-state index >= 15 is 0 Å². The molecule has 156 valence electrons. The Bertz CT molecular complexity index is 616. The highest BCUT2D eigenvalue weighted by atomic mass is 32.2. The standard InChI is InChI=1S/C20H38N4O2S/c1-8-11-23(12-9-2)18(17(4)5)15-22-19(21-10-3)24-13-14-27(25,26)20(6,7)16-24/h8-9,17-18H,1-2,10-16H2,3-7H3,(H,21,22). The predicted molar refractivity (Wildman–Crippen MR) is 116 cm³/mol. The van der Waals surface area contributed by atoms with Crippen LogP contribution in [0.15, 0.2) is 30.3 Å². The first-order chi connectivity index (χ1) is 12.6. The average Bonchev–Trinajstić information content (AvgIpc) is 2.56. The van der Waals surface area contributed by atoms with Crippen LogP contribution in [0, 0.1) is 5.92 Å². The fraction of sp³-hybridized carbons (Fsp3) is 0.750. The predicted octanol–water partition coefficient (Wildman–Crippen LogP) is 2.16. The molecule has 1 N–H and O–H groups in total. The van der Waals surface area contributed by atoms with Crippen LogP contribution in [0.2, 0.25) is 0 Å². The van der Waals surface area contributed by atoms with E-state index < -0.39 is 14.6 Å². The Morgan fingerprint density at radius 3 is 2.33 bits per heavy atom. The van der Waals surface area contributed by atoms with Crippen LogP contribution in [-0.4, -0.2) is 80.0 Å². The highest BCUT2D eigenvalue weighted by molar-refractivity contribution is 7.92. The van der Waals surface area contributed by atoms with Crippen molar-refractivity contribution >= 4 is 15.8 Å². The molecule has 1 aliphatic rings. The van der Waals surface area contributed by atoms with Crippen LogP contribution in [0.25, 0.3) is 0 Å². The van der Waals surface area contributed by atoms with Gasteiger partial charge in [0.1, 0.15) is 0 Å². The molecule has 27 heavy (non-hydrogen) atoms. The van der Waals surface area contributed by atoms with Gasteiger partial charge in [-0.3, -0.25) is 9.89 Å². The molecular formula is C20H38N4O2S. The minimum atomic E-state index is -3.07. The van der Waals surface area contributed by atoms with Crippen molar-refractivity contribution < 1.29 is 8.42 Å². The number of rotatable bonds is 9. The smallest absolute Gasteiger partial charge is 0.194 e. The molecule has 1 atom stereocenters. The lowest BCUT2D eigenvalue weighted by atomic mass is 10.0. The van der Waals surface area contributed by atoms with Crippen molar-refractivity contribution in [2.24, 2.45) is 10.9 Å². The average molecular weight is 399 g/mol. The van der Waals surface area contributed by atoms with E-state index in [9.17, 15) is 8.42 Å². The Hall–Kier alpha value is -1.34. The van der Waals surface area contributed by atoms with Crippen LogP contribution in [0.5, 0.6) is 0 Å². The second kappa shape index (κ2) is 10.3. The first kappa shape index (κ1) is 23.7. The number of nitrogens with zero attached hydrogens (tertiary/aromatic N) is 3. The lowest BCUT2D eigenvalue weighted by Gasteiger charge is -2.39. The first-order valence-corrected chi connectivity index (χ1v) is 11.5. The molecule has 0 saturated carbocycles. The number of nitrogens with one attached hydrogen (secondary N) is 1. The molecule has 0 aromatic carbocycles. The summed E-state index contributed by atoms with van der Waals surface area (Å²) in [6.07, 6.45) is 3.82. The normalized spacial score (nSPS) is 20.6. The lowest BCUT2D eigenvalue weighted by Crippen LogP contribution is -2.57. The number of hydrogen-bond donors (Lipinski definition) is 1. The minimum absolute atomic E-state index is 0.164. The van der Waals surface area contributed by atoms with E-state index in [-0.39, 0.29) is 11.8 Å². The van der Waals surface area contributed by atoms with Gasteiger partial charge in [0.15, 0.2) is 15.8 Å². The largest absolute Gasteiger partial charge is 0.357 e. The Labute approximate surface area is 166 Å². The van der Waals surface area contributed by atoms with Crippen molar-refractivity contribution in [3.63, 3.8) is 0 Å². The first-order valence-electron chi connectivity index (χ1n) is 9.81. The molecule has 0 amide bonds. The molecule has 0 aliphatic carbocycles. The summed E-state index contributed by atoms with van der Waals surface area (Å²) in [7, 11) is -3.07. The van der Waals surface area contributed by atoms with E-state index in [0.29, 0.717) is 25.6 Å². The summed E-state index contributed by atoms with van der Waals surface area (Å²) in [5, 5.41) is 3.34. The van der Waals surface area contributed by atoms with Gasteiger partial charge in [-0.25, -0.2) is 8.42 Å². The summed E-state index contributed by atoms with van der Waals surface area (Å²) < 4.78 is 23.8. The van der Waals surface area contributed by atoms with Crippen LogP contribution < -0.4 is 5.32 Å². The van der Waals surface area contributed by atoms with Gasteiger partial charge in [-0.05, 0) is 26.7 Å². The summed E-state index contributed by atoms with van der Waals surface area (Å²) >= 11 is 0. The van der Waals surface area contributed by atoms with E-state index in [1.54, 1.807) is 13.8 Å². The van der Waals surface area contributed by atoms with Crippen molar-refractivity contribution in [2.75, 3.05) is 45.0 Å². The van der Waals surface area contributed by atoms with Crippen molar-refractivity contribution in [3.8, 4) is 0 Å². The molecule has 0 aromatic rings. The molecule has 0 spiro atoms. The molecule has 0 bridgehead atoms. The summed E-state index contributed by atoms with van der Waals surface area (Å²) in [4.78, 5) is 9.28. The summed E-state index contributed by atoms with van der Waals surface area (Å²) in [5.41, 5.74) is 0. The molecular weight excluding hydrogens is 360 g/mol. The Morgan fingerprint density at radius 1 is 1.30 bits per heavy atom. The molecule has 6 nitrogen and oxygen atoms in total. The Morgan fingerprint density at radius 2 is 1.89 bits per heavy atom. The number of aliphatic imine (C=N–C) groups is 1. The number of sulfone groups is 1. The molecule has 0 aromatic heterocycles. The van der Waals surface area contributed by atoms with Gasteiger partial charge < -0.3 is 10.2 Å². The monoisotopic (exact) mass is 398 g/mol. The fourth-order valence-electron chi connectivity index (χ4n) is 3.36. The third-order valence-corrected chi connectivity index (χ3v) is 7.60. The van der Waals surface area contributed by atoms with E-state index in [4.69, 9.17) is 4.99 Å². The van der Waals surface area contributed by atoms with Crippen molar-refractivity contribution in [3.05, 3.63) is 25.3 Å². The quantitative estimate of drug-likeness (QED) is 0.366. The Kier molecular flexibility index (Phi) is 9.02. The van der Waals surface area contributed by atoms with Gasteiger partial charge in [0.25, 0.3) is 0 Å². The molecule has 7 heteroatoms. The van der Waals surface area contributed by atoms with E-state index in [0.717, 1.165) is 25.6 Å². The number of guanidine groups is 1. The van der Waals surface area contributed by atoms with Crippen LogP contribution in [0.3, 0.4) is 0 Å². The second-order valence-electron chi connectivity index (χ2n) is 8.04. The number of hydrogen-bond acceptors (Lipinski definition) is 4. The van der Waals surface area contributed by atoms with E-state index in [1.807, 2.05) is 19.1 Å². The molecule has 1 heterocycles. The van der Waals surface area contributed by atoms with Gasteiger partial charge in [-0.2, -0.15) is 0 Å². The molecule has 1 fully saturated rings. The topological polar surface area (TPSA) is 65.0 Å². The zero-order valence-electron chi connectivity index (χ0n) is 17.7. The summed E-state index contributed by atoms with van der Waals surface area (Å²) in [6, 6.07) is 0.260. The van der Waals surface area contributed by atoms with Gasteiger partial charge in [0, 0.05) is 38.8 Å². The lowest BCUT2D eigenvalue weighted by molar-refractivity contribution is 0.195. The molecule has 1 rings (SSSR count). The maximum atomic E-state index is 12.3. The van der Waals surface area contributed by atoms with Crippen molar-refractivity contribution in [1.82, 2.24) is 15.1 Å².